The van der Waals surface area contributed by atoms with E-state index in [9.17, 15) is 17.6 Å². The zero-order chi connectivity index (χ0) is 20.9. The number of hydrogen-bond acceptors (Lipinski definition) is 7. The molecule has 0 spiro atoms. The Morgan fingerprint density at radius 2 is 2.17 bits per heavy atom. The molecule has 1 amide bonds. The van der Waals surface area contributed by atoms with Gasteiger partial charge in [0, 0.05) is 31.3 Å². The number of amides is 1. The van der Waals surface area contributed by atoms with Crippen molar-refractivity contribution < 1.29 is 22.3 Å². The Balaban J connectivity index is 1.51. The number of aromatic nitrogens is 3. The van der Waals surface area contributed by atoms with E-state index in [1.807, 2.05) is 0 Å². The summed E-state index contributed by atoms with van der Waals surface area (Å²) in [6, 6.07) is 3.40. The second-order valence-corrected chi connectivity index (χ2v) is 9.39. The summed E-state index contributed by atoms with van der Waals surface area (Å²) in [7, 11) is -2.57. The van der Waals surface area contributed by atoms with Gasteiger partial charge in [0.1, 0.15) is 22.8 Å². The standard InChI is InChI=1S/C17H22FN5O4S2/c1-27-14-3-2-13(18)10-15(14)29(25,26)23-7-4-12(5-8-23)16(24)19-6-9-28-17-20-11-21-22-17/h2-3,10-12H,4-9H2,1H3,(H,19,24)(H,20,21,22). The number of nitrogens with zero attached hydrogens (tertiary/aromatic N) is 3. The summed E-state index contributed by atoms with van der Waals surface area (Å²) in [6.45, 7) is 0.850. The van der Waals surface area contributed by atoms with Gasteiger partial charge in [0.2, 0.25) is 15.9 Å². The third-order valence-corrected chi connectivity index (χ3v) is 7.40. The molecule has 1 aromatic carbocycles. The highest BCUT2D eigenvalue weighted by Crippen LogP contribution is 2.30. The highest BCUT2D eigenvalue weighted by molar-refractivity contribution is 7.99. The zero-order valence-corrected chi connectivity index (χ0v) is 17.4. The highest BCUT2D eigenvalue weighted by Gasteiger charge is 2.33. The first-order valence-corrected chi connectivity index (χ1v) is 11.4. The number of H-pyrrole nitrogens is 1. The Hall–Kier alpha value is -2.18. The molecule has 0 radical (unpaired) electrons. The van der Waals surface area contributed by atoms with Crippen LogP contribution in [0.2, 0.25) is 0 Å². The molecule has 2 N–H and O–H groups in total. The number of nitrogens with one attached hydrogen (secondary N) is 2. The number of ether oxygens (including phenoxy) is 1. The number of methoxy groups -OCH3 is 1. The van der Waals surface area contributed by atoms with E-state index in [0.29, 0.717) is 30.3 Å². The number of benzene rings is 1. The van der Waals surface area contributed by atoms with Crippen LogP contribution in [0.1, 0.15) is 12.8 Å². The van der Waals surface area contributed by atoms with Crippen molar-refractivity contribution in [3.8, 4) is 5.75 Å². The van der Waals surface area contributed by atoms with E-state index in [1.54, 1.807) is 0 Å². The number of thioether (sulfide) groups is 1. The minimum absolute atomic E-state index is 0.0931. The summed E-state index contributed by atoms with van der Waals surface area (Å²) in [6.07, 6.45) is 2.22. The van der Waals surface area contributed by atoms with Gasteiger partial charge < -0.3 is 10.1 Å². The molecule has 1 fully saturated rings. The fraction of sp³-hybridized carbons (Fsp3) is 0.471. The second kappa shape index (κ2) is 9.55. The zero-order valence-electron chi connectivity index (χ0n) is 15.8. The Kier molecular flexibility index (Phi) is 7.09. The molecule has 0 aliphatic carbocycles. The molecular weight excluding hydrogens is 421 g/mol. The number of halogens is 1. The Morgan fingerprint density at radius 3 is 2.83 bits per heavy atom. The molecule has 0 bridgehead atoms. The van der Waals surface area contributed by atoms with Crippen molar-refractivity contribution in [2.24, 2.45) is 5.92 Å². The fourth-order valence-electron chi connectivity index (χ4n) is 3.08. The molecule has 1 aromatic heterocycles. The van der Waals surface area contributed by atoms with E-state index in [1.165, 1.54) is 35.6 Å². The van der Waals surface area contributed by atoms with Crippen molar-refractivity contribution in [2.75, 3.05) is 32.5 Å². The number of aromatic amines is 1. The van der Waals surface area contributed by atoms with Crippen molar-refractivity contribution in [1.29, 1.82) is 0 Å². The molecule has 29 heavy (non-hydrogen) atoms. The van der Waals surface area contributed by atoms with Gasteiger partial charge in [-0.3, -0.25) is 9.89 Å². The van der Waals surface area contributed by atoms with Gasteiger partial charge in [-0.25, -0.2) is 17.8 Å². The van der Waals surface area contributed by atoms with Crippen LogP contribution in [0.3, 0.4) is 0 Å². The molecule has 158 valence electrons. The number of sulfonamides is 1. The summed E-state index contributed by atoms with van der Waals surface area (Å²) in [4.78, 5) is 16.1. The van der Waals surface area contributed by atoms with Crippen molar-refractivity contribution >= 4 is 27.7 Å². The quantitative estimate of drug-likeness (QED) is 0.466. The first-order valence-electron chi connectivity index (χ1n) is 9.01. The average molecular weight is 444 g/mol. The van der Waals surface area contributed by atoms with Crippen LogP contribution in [0.4, 0.5) is 4.39 Å². The average Bonchev–Trinajstić information content (AvgIpc) is 3.24. The summed E-state index contributed by atoms with van der Waals surface area (Å²) in [5.74, 6) is -0.264. The molecule has 0 unspecified atom stereocenters. The second-order valence-electron chi connectivity index (χ2n) is 6.40. The smallest absolute Gasteiger partial charge is 0.246 e. The van der Waals surface area contributed by atoms with Crippen LogP contribution >= 0.6 is 11.8 Å². The predicted molar refractivity (Wildman–Crippen MR) is 105 cm³/mol. The summed E-state index contributed by atoms with van der Waals surface area (Å²) < 4.78 is 45.7. The van der Waals surface area contributed by atoms with Crippen LogP contribution < -0.4 is 10.1 Å². The van der Waals surface area contributed by atoms with E-state index < -0.39 is 15.8 Å². The lowest BCUT2D eigenvalue weighted by molar-refractivity contribution is -0.125. The molecule has 0 saturated carbocycles. The third kappa shape index (κ3) is 5.25. The molecule has 12 heteroatoms. The molecule has 3 rings (SSSR count). The maximum Gasteiger partial charge on any atom is 0.246 e. The van der Waals surface area contributed by atoms with E-state index in [4.69, 9.17) is 4.74 Å². The normalized spacial score (nSPS) is 15.9. The highest BCUT2D eigenvalue weighted by atomic mass is 32.2. The topological polar surface area (TPSA) is 117 Å². The van der Waals surface area contributed by atoms with Gasteiger partial charge in [-0.1, -0.05) is 11.8 Å². The number of carbonyl (C=O) groups is 1. The molecule has 2 aromatic rings. The van der Waals surface area contributed by atoms with Gasteiger partial charge in [0.25, 0.3) is 0 Å². The lowest BCUT2D eigenvalue weighted by atomic mass is 9.97. The van der Waals surface area contributed by atoms with Gasteiger partial charge in [-0.05, 0) is 31.0 Å². The van der Waals surface area contributed by atoms with Crippen LogP contribution in [0.15, 0.2) is 34.6 Å². The lowest BCUT2D eigenvalue weighted by Gasteiger charge is -2.30. The van der Waals surface area contributed by atoms with Crippen LogP contribution in [0.5, 0.6) is 5.75 Å². The SMILES string of the molecule is COc1ccc(F)cc1S(=O)(=O)N1CCC(C(=O)NCCSc2ncn[nH]2)CC1. The van der Waals surface area contributed by atoms with Crippen molar-refractivity contribution in [1.82, 2.24) is 24.8 Å². The Labute approximate surface area is 172 Å². The first kappa shape index (κ1) is 21.5. The Bertz CT molecular complexity index is 931. The van der Waals surface area contributed by atoms with E-state index >= 15 is 0 Å². The van der Waals surface area contributed by atoms with E-state index in [-0.39, 0.29) is 35.6 Å². The Morgan fingerprint density at radius 1 is 1.41 bits per heavy atom. The maximum absolute atomic E-state index is 13.6. The number of piperidine rings is 1. The van der Waals surface area contributed by atoms with Crippen molar-refractivity contribution in [3.05, 3.63) is 30.3 Å². The third-order valence-electron chi connectivity index (χ3n) is 4.60. The van der Waals surface area contributed by atoms with Gasteiger partial charge >= 0.3 is 0 Å². The van der Waals surface area contributed by atoms with Crippen molar-refractivity contribution in [3.63, 3.8) is 0 Å². The fourth-order valence-corrected chi connectivity index (χ4v) is 5.35. The van der Waals surface area contributed by atoms with Crippen LogP contribution in [0, 0.1) is 11.7 Å². The van der Waals surface area contributed by atoms with Crippen LogP contribution in [0.25, 0.3) is 0 Å². The molecular formula is C17H22FN5O4S2. The molecule has 0 atom stereocenters. The van der Waals surface area contributed by atoms with Gasteiger partial charge in [0.05, 0.1) is 7.11 Å². The molecule has 9 nitrogen and oxygen atoms in total. The van der Waals surface area contributed by atoms with Crippen LogP contribution in [-0.2, 0) is 14.8 Å². The number of hydrogen-bond donors (Lipinski definition) is 2. The predicted octanol–water partition coefficient (Wildman–Crippen LogP) is 1.26. The first-order chi connectivity index (χ1) is 13.9. The van der Waals surface area contributed by atoms with Gasteiger partial charge in [-0.2, -0.15) is 9.40 Å². The lowest BCUT2D eigenvalue weighted by Crippen LogP contribution is -2.43. The van der Waals surface area contributed by atoms with E-state index in [2.05, 4.69) is 20.5 Å². The molecule has 1 aliphatic heterocycles. The minimum Gasteiger partial charge on any atom is -0.495 e. The largest absolute Gasteiger partial charge is 0.495 e. The van der Waals surface area contributed by atoms with Crippen molar-refractivity contribution in [2.45, 2.75) is 22.9 Å². The molecule has 2 heterocycles. The van der Waals surface area contributed by atoms with E-state index in [0.717, 1.165) is 12.1 Å². The monoisotopic (exact) mass is 443 g/mol. The summed E-state index contributed by atoms with van der Waals surface area (Å²) >= 11 is 1.45. The van der Waals surface area contributed by atoms with Gasteiger partial charge in [0.15, 0.2) is 5.16 Å². The molecule has 1 aliphatic rings. The molecule has 1 saturated heterocycles. The summed E-state index contributed by atoms with van der Waals surface area (Å²) in [5, 5.41) is 10.0. The number of rotatable bonds is 8. The van der Waals surface area contributed by atoms with Gasteiger partial charge in [-0.15, -0.1) is 0 Å². The van der Waals surface area contributed by atoms with Crippen LogP contribution in [-0.4, -0.2) is 66.3 Å². The maximum atomic E-state index is 13.6. The minimum atomic E-state index is -3.91. The number of carbonyl (C=O) groups excluding carboxylic acids is 1. The summed E-state index contributed by atoms with van der Waals surface area (Å²) in [5.41, 5.74) is 0.